The molecule has 0 spiro atoms. The molecule has 0 bridgehead atoms. The summed E-state index contributed by atoms with van der Waals surface area (Å²) < 4.78 is 71.2. The molecule has 0 aromatic rings. The van der Waals surface area contributed by atoms with Crippen molar-refractivity contribution in [2.24, 2.45) is 0 Å². The third kappa shape index (κ3) is 74.3. The summed E-state index contributed by atoms with van der Waals surface area (Å²) in [6.07, 6.45) is 53.3. The van der Waals surface area contributed by atoms with Gasteiger partial charge in [-0.15, -0.1) is 0 Å². The Labute approximate surface area is 667 Å². The van der Waals surface area contributed by atoms with Gasteiger partial charge in [0.1, 0.15) is 12.2 Å². The lowest BCUT2D eigenvalue weighted by atomic mass is 10.1. The zero-order valence-corrected chi connectivity index (χ0v) is 72.0. The highest BCUT2D eigenvalue weighted by molar-refractivity contribution is 7.47. The van der Waals surface area contributed by atoms with E-state index in [0.717, 1.165) is 141 Å². The maximum absolute atomic E-state index is 13.2. The highest BCUT2D eigenvalue weighted by atomic mass is 31.2. The molecule has 0 heterocycles. The van der Waals surface area contributed by atoms with Crippen LogP contribution in [0, 0.1) is 0 Å². The Morgan fingerprint density at radius 1 is 0.291 bits per heavy atom. The first-order valence-corrected chi connectivity index (χ1v) is 47.2. The van der Waals surface area contributed by atoms with Crippen molar-refractivity contribution in [3.05, 3.63) is 0 Å². The number of nitrogens with one attached hydrogen (secondary N) is 6. The van der Waals surface area contributed by atoms with Crippen LogP contribution >= 0.6 is 15.6 Å². The summed E-state index contributed by atoms with van der Waals surface area (Å²) >= 11 is 0. The summed E-state index contributed by atoms with van der Waals surface area (Å²) in [5.74, 6) is -2.15. The lowest BCUT2D eigenvalue weighted by Crippen LogP contribution is -2.46. The van der Waals surface area contributed by atoms with Crippen molar-refractivity contribution >= 4 is 57.2 Å². The summed E-state index contributed by atoms with van der Waals surface area (Å²) in [5.41, 5.74) is 0. The number of hydrogen-bond acceptors (Lipinski definition) is 17. The average Bonchev–Trinajstić information content (AvgIpc) is 0.929. The van der Waals surface area contributed by atoms with Gasteiger partial charge in [0, 0.05) is 51.6 Å². The van der Waals surface area contributed by atoms with Crippen molar-refractivity contribution < 1.29 is 89.5 Å². The standard InChI is InChI=1S/C83H162N6O19P2/c1-7-13-19-25-29-33-37-43-49-55-77(90)86-67-79(92)88-73(69-101-63-59-75(53-47-41-23-17-11-5)107-81(94)57-51-45-39-35-31-27-21-15-9-3)71-105-109(97,98)103-65-61-84-83(96)85-62-66-104-110(99,100)106-72-74(89-80(93)68-87-78(91)56-50-44-38-34-30-26-20-14-8-2)70-102-64-60-76(54-48-42-24-18-12-6)108-82(95)58-52-46-40-36-32-28-22-16-10-4/h73-76H,7-72H2,1-6H3,(H,86,90)(H,87,91)(H,88,92)(H,89,93)(H,97,98)(H,99,100)(H2,84,85,96)/t73-,74-,75-,76-/m1/s1. The molecule has 0 aliphatic carbocycles. The molecule has 0 aromatic carbocycles. The number of unbranched alkanes of at least 4 members (excludes halogenated alkanes) is 40. The summed E-state index contributed by atoms with van der Waals surface area (Å²) in [6.45, 7) is 9.80. The van der Waals surface area contributed by atoms with Gasteiger partial charge in [-0.25, -0.2) is 13.9 Å². The minimum Gasteiger partial charge on any atom is -0.462 e. The molecular weight excluding hydrogens is 1450 g/mol. The molecule has 0 rings (SSSR count). The van der Waals surface area contributed by atoms with Gasteiger partial charge in [0.05, 0.1) is 78.0 Å². The number of hydrogen-bond donors (Lipinski definition) is 8. The van der Waals surface area contributed by atoms with Crippen LogP contribution in [0.1, 0.15) is 388 Å². The molecule has 0 saturated carbocycles. The minimum absolute atomic E-state index is 0.149. The van der Waals surface area contributed by atoms with Crippen molar-refractivity contribution in [2.75, 3.05) is 79.0 Å². The van der Waals surface area contributed by atoms with Crippen molar-refractivity contribution in [1.29, 1.82) is 0 Å². The Bertz CT molecular complexity index is 2160. The van der Waals surface area contributed by atoms with E-state index in [9.17, 15) is 52.5 Å². The molecule has 6 atom stereocenters. The third-order valence-corrected chi connectivity index (χ3v) is 21.4. The van der Waals surface area contributed by atoms with Crippen LogP contribution in [0.2, 0.25) is 0 Å². The van der Waals surface area contributed by atoms with E-state index in [-0.39, 0.29) is 101 Å². The van der Waals surface area contributed by atoms with Crippen molar-refractivity contribution in [3.8, 4) is 0 Å². The van der Waals surface area contributed by atoms with E-state index in [0.29, 0.717) is 51.4 Å². The quantitative estimate of drug-likeness (QED) is 0.0159. The number of phosphoric ester groups is 2. The summed E-state index contributed by atoms with van der Waals surface area (Å²) in [4.78, 5) is 112. The molecule has 110 heavy (non-hydrogen) atoms. The Balaban J connectivity index is 5.69. The Kier molecular flexibility index (Phi) is 75.1. The highest BCUT2D eigenvalue weighted by Crippen LogP contribution is 2.44. The molecule has 0 aliphatic rings. The van der Waals surface area contributed by atoms with Crippen LogP contribution in [0.3, 0.4) is 0 Å². The van der Waals surface area contributed by atoms with Crippen LogP contribution in [-0.4, -0.2) is 155 Å². The molecule has 0 saturated heterocycles. The Morgan fingerprint density at radius 2 is 0.555 bits per heavy atom. The van der Waals surface area contributed by atoms with Gasteiger partial charge >= 0.3 is 33.6 Å². The summed E-state index contributed by atoms with van der Waals surface area (Å²) in [5, 5.41) is 15.7. The smallest absolute Gasteiger partial charge is 0.462 e. The molecule has 0 fully saturated rings. The number of urea groups is 1. The molecular formula is C83H162N6O19P2. The van der Waals surface area contributed by atoms with E-state index in [1.54, 1.807) is 0 Å². The Morgan fingerprint density at radius 3 is 0.845 bits per heavy atom. The number of amides is 6. The van der Waals surface area contributed by atoms with E-state index in [1.807, 2.05) is 0 Å². The number of carbonyl (C=O) groups is 7. The van der Waals surface area contributed by atoms with Gasteiger partial charge < -0.3 is 60.6 Å². The maximum Gasteiger partial charge on any atom is 0.472 e. The lowest BCUT2D eigenvalue weighted by Gasteiger charge is -2.22. The second-order valence-electron chi connectivity index (χ2n) is 30.1. The number of esters is 2. The summed E-state index contributed by atoms with van der Waals surface area (Å²) in [7, 11) is -9.61. The van der Waals surface area contributed by atoms with E-state index >= 15 is 0 Å². The average molecular weight is 1610 g/mol. The van der Waals surface area contributed by atoms with Crippen molar-refractivity contribution in [3.63, 3.8) is 0 Å². The first-order chi connectivity index (χ1) is 53.3. The molecule has 0 aliphatic heterocycles. The summed E-state index contributed by atoms with van der Waals surface area (Å²) in [6, 6.07) is -2.73. The van der Waals surface area contributed by atoms with Crippen molar-refractivity contribution in [1.82, 2.24) is 31.9 Å². The van der Waals surface area contributed by atoms with E-state index < -0.39 is 72.0 Å². The van der Waals surface area contributed by atoms with Crippen LogP contribution in [0.15, 0.2) is 0 Å². The molecule has 6 amide bonds. The fourth-order valence-electron chi connectivity index (χ4n) is 12.7. The number of ether oxygens (including phenoxy) is 4. The highest BCUT2D eigenvalue weighted by Gasteiger charge is 2.28. The monoisotopic (exact) mass is 1610 g/mol. The molecule has 25 nitrogen and oxygen atoms in total. The van der Waals surface area contributed by atoms with Crippen LogP contribution in [0.4, 0.5) is 4.79 Å². The predicted molar refractivity (Wildman–Crippen MR) is 440 cm³/mol. The molecule has 8 N–H and O–H groups in total. The van der Waals surface area contributed by atoms with E-state index in [1.165, 1.54) is 141 Å². The predicted octanol–water partition coefficient (Wildman–Crippen LogP) is 18.8. The van der Waals surface area contributed by atoms with E-state index in [2.05, 4.69) is 73.4 Å². The van der Waals surface area contributed by atoms with Gasteiger partial charge in [-0.1, -0.05) is 298 Å². The van der Waals surface area contributed by atoms with Gasteiger partial charge in [-0.2, -0.15) is 0 Å². The SMILES string of the molecule is CCCCCCCCCCCC(=O)NCC(=O)N[C@H](COCC[C@@H](CCCCCCC)OC(=O)CCCCCCCCCCC)COP(=O)(O)OCCNC(=O)NCCOP(=O)(O)OC[C@@H](COCC[C@@H](CCCCCCC)OC(=O)CCCCCCCCCCC)NC(=O)CNC(=O)CCCCCCCCCCC. The minimum atomic E-state index is -4.80. The molecule has 2 unspecified atom stereocenters. The third-order valence-electron chi connectivity index (χ3n) is 19.4. The number of phosphoric acid groups is 2. The Hall–Kier alpha value is -3.77. The maximum atomic E-state index is 13.2. The molecule has 0 aromatic heterocycles. The van der Waals surface area contributed by atoms with Gasteiger partial charge in [0.2, 0.25) is 23.6 Å². The van der Waals surface area contributed by atoms with Crippen LogP contribution in [-0.2, 0) is 74.9 Å². The molecule has 27 heteroatoms. The van der Waals surface area contributed by atoms with Gasteiger partial charge in [0.15, 0.2) is 0 Å². The number of rotatable bonds is 84. The van der Waals surface area contributed by atoms with Crippen LogP contribution < -0.4 is 31.9 Å². The van der Waals surface area contributed by atoms with Gasteiger partial charge in [-0.3, -0.25) is 46.9 Å². The first kappa shape index (κ1) is 106. The molecule has 0 radical (unpaired) electrons. The topological polar surface area (TPSA) is 340 Å². The van der Waals surface area contributed by atoms with Gasteiger partial charge in [0.25, 0.3) is 0 Å². The largest absolute Gasteiger partial charge is 0.472 e. The second kappa shape index (κ2) is 77.8. The first-order valence-electron chi connectivity index (χ1n) is 44.2. The second-order valence-corrected chi connectivity index (χ2v) is 33.0. The zero-order chi connectivity index (χ0) is 80.9. The fraction of sp³-hybridized carbons (Fsp3) is 0.916. The van der Waals surface area contributed by atoms with Crippen LogP contribution in [0.25, 0.3) is 0 Å². The lowest BCUT2D eigenvalue weighted by molar-refractivity contribution is -0.151. The fourth-order valence-corrected chi connectivity index (χ4v) is 14.2. The zero-order valence-electron chi connectivity index (χ0n) is 70.2. The number of carbonyl (C=O) groups excluding carboxylic acids is 7. The normalized spacial score (nSPS) is 13.7. The van der Waals surface area contributed by atoms with Gasteiger partial charge in [-0.05, 0) is 51.4 Å². The van der Waals surface area contributed by atoms with Crippen LogP contribution in [0.5, 0.6) is 0 Å². The molecule has 648 valence electrons. The van der Waals surface area contributed by atoms with Crippen molar-refractivity contribution in [2.45, 2.75) is 413 Å². The van der Waals surface area contributed by atoms with E-state index in [4.69, 9.17) is 37.0 Å².